The lowest BCUT2D eigenvalue weighted by molar-refractivity contribution is 0.465. The minimum atomic E-state index is 0.0493. The van der Waals surface area contributed by atoms with E-state index in [1.807, 2.05) is 72.8 Å². The summed E-state index contributed by atoms with van der Waals surface area (Å²) in [6.45, 7) is 0.0493. The van der Waals surface area contributed by atoms with Gasteiger partial charge in [-0.05, 0) is 69.6 Å². The zero-order chi connectivity index (χ0) is 33.7. The van der Waals surface area contributed by atoms with Crippen LogP contribution in [0.5, 0.6) is 23.0 Å². The molecule has 238 valence electrons. The summed E-state index contributed by atoms with van der Waals surface area (Å²) >= 11 is 0. The van der Waals surface area contributed by atoms with Crippen molar-refractivity contribution in [2.45, 2.75) is 0 Å². The molecule has 8 aromatic rings. The van der Waals surface area contributed by atoms with Gasteiger partial charge in [0.25, 0.3) is 6.71 Å². The molecule has 0 bridgehead atoms. The van der Waals surface area contributed by atoms with E-state index in [2.05, 4.69) is 97.1 Å². The second-order valence-corrected chi connectivity index (χ2v) is 12.8. The molecule has 0 unspecified atom stereocenters. The van der Waals surface area contributed by atoms with Crippen LogP contribution in [0.1, 0.15) is 0 Å². The number of benzene rings is 7. The van der Waals surface area contributed by atoms with E-state index in [9.17, 15) is 0 Å². The average molecular weight is 654 g/mol. The van der Waals surface area contributed by atoms with E-state index in [0.29, 0.717) is 17.5 Å². The first-order valence-corrected chi connectivity index (χ1v) is 17.0. The Morgan fingerprint density at radius 2 is 0.706 bits per heavy atom. The van der Waals surface area contributed by atoms with Gasteiger partial charge in [-0.2, -0.15) is 0 Å². The first-order chi connectivity index (χ1) is 25.2. The highest BCUT2D eigenvalue weighted by Gasteiger charge is 2.40. The predicted octanol–water partition coefficient (Wildman–Crippen LogP) is 8.93. The maximum Gasteiger partial charge on any atom is 0.260 e. The fraction of sp³-hybridized carbons (Fsp3) is 0. The minimum absolute atomic E-state index is 0.0493. The van der Waals surface area contributed by atoms with Crippen LogP contribution < -0.4 is 25.9 Å². The molecule has 0 atom stereocenters. The Balaban J connectivity index is 1.05. The van der Waals surface area contributed by atoms with Gasteiger partial charge in [0, 0.05) is 22.2 Å². The van der Waals surface area contributed by atoms with Crippen molar-refractivity contribution in [3.05, 3.63) is 170 Å². The molecule has 51 heavy (non-hydrogen) atoms. The fourth-order valence-electron chi connectivity index (χ4n) is 7.21. The number of para-hydroxylation sites is 2. The Labute approximate surface area is 296 Å². The van der Waals surface area contributed by atoms with Gasteiger partial charge in [-0.1, -0.05) is 133 Å². The molecule has 0 N–H and O–H groups in total. The number of hydrogen-bond donors (Lipinski definition) is 0. The number of hydrogen-bond acceptors (Lipinski definition) is 5. The van der Waals surface area contributed by atoms with Crippen LogP contribution in [-0.4, -0.2) is 21.7 Å². The summed E-state index contributed by atoms with van der Waals surface area (Å²) in [6, 6.07) is 58.0. The molecule has 0 radical (unpaired) electrons. The maximum atomic E-state index is 6.57. The smallest absolute Gasteiger partial charge is 0.260 e. The Bertz CT molecular complexity index is 2480. The Kier molecular flexibility index (Phi) is 6.84. The van der Waals surface area contributed by atoms with Crippen LogP contribution in [0.25, 0.3) is 56.4 Å². The van der Waals surface area contributed by atoms with Crippen molar-refractivity contribution in [2.24, 2.45) is 0 Å². The molecule has 0 fully saturated rings. The Hall–Kier alpha value is -6.79. The molecule has 0 aliphatic carbocycles. The first-order valence-electron chi connectivity index (χ1n) is 17.0. The molecule has 0 amide bonds. The van der Waals surface area contributed by atoms with Crippen molar-refractivity contribution in [3.8, 4) is 79.4 Å². The van der Waals surface area contributed by atoms with Crippen molar-refractivity contribution in [3.63, 3.8) is 0 Å². The number of fused-ring (bicyclic) bond motifs is 4. The molecule has 1 aromatic heterocycles. The van der Waals surface area contributed by atoms with Crippen molar-refractivity contribution < 1.29 is 9.47 Å². The number of nitrogens with zero attached hydrogens (tertiary/aromatic N) is 3. The average Bonchev–Trinajstić information content (AvgIpc) is 3.21. The normalized spacial score (nSPS) is 12.2. The van der Waals surface area contributed by atoms with Gasteiger partial charge in [0.1, 0.15) is 23.0 Å². The van der Waals surface area contributed by atoms with Crippen LogP contribution in [-0.2, 0) is 0 Å². The van der Waals surface area contributed by atoms with Crippen molar-refractivity contribution in [1.29, 1.82) is 0 Å². The molecule has 6 heteroatoms. The van der Waals surface area contributed by atoms with Crippen LogP contribution in [0, 0.1) is 0 Å². The molecule has 7 aromatic carbocycles. The molecule has 0 saturated heterocycles. The standard InChI is InChI=1S/C45H28BN3O2/c1-3-13-29(14-4-1)43-47-44(30-15-5-2-6-16-30)49-45(48-43)34-20-12-18-32(26-34)31-17-11-19-33(25-31)35-27-40-42-41(28-35)51-39-24-10-8-22-37(39)46(42)36-21-7-9-23-38(36)50-40/h1-28H. The van der Waals surface area contributed by atoms with Gasteiger partial charge >= 0.3 is 0 Å². The van der Waals surface area contributed by atoms with Gasteiger partial charge < -0.3 is 9.47 Å². The lowest BCUT2D eigenvalue weighted by Gasteiger charge is -2.33. The van der Waals surface area contributed by atoms with E-state index in [-0.39, 0.29) is 6.71 Å². The highest BCUT2D eigenvalue weighted by atomic mass is 16.5. The van der Waals surface area contributed by atoms with Crippen LogP contribution in [0.3, 0.4) is 0 Å². The van der Waals surface area contributed by atoms with Crippen molar-refractivity contribution in [1.82, 2.24) is 15.0 Å². The summed E-state index contributed by atoms with van der Waals surface area (Å²) in [7, 11) is 0. The minimum Gasteiger partial charge on any atom is -0.458 e. The summed E-state index contributed by atoms with van der Waals surface area (Å²) in [5.74, 6) is 5.31. The van der Waals surface area contributed by atoms with E-state index >= 15 is 0 Å². The third-order valence-electron chi connectivity index (χ3n) is 9.64. The predicted molar refractivity (Wildman–Crippen MR) is 205 cm³/mol. The highest BCUT2D eigenvalue weighted by Crippen LogP contribution is 2.39. The maximum absolute atomic E-state index is 6.57. The zero-order valence-corrected chi connectivity index (χ0v) is 27.4. The lowest BCUT2D eigenvalue weighted by Crippen LogP contribution is -2.57. The second-order valence-electron chi connectivity index (χ2n) is 12.8. The number of rotatable bonds is 5. The molecule has 3 heterocycles. The summed E-state index contributed by atoms with van der Waals surface area (Å²) in [5, 5.41) is 0. The topological polar surface area (TPSA) is 57.1 Å². The third kappa shape index (κ3) is 5.17. The Morgan fingerprint density at radius 1 is 0.314 bits per heavy atom. The summed E-state index contributed by atoms with van der Waals surface area (Å²) < 4.78 is 13.1. The Morgan fingerprint density at radius 3 is 1.24 bits per heavy atom. The molecule has 10 rings (SSSR count). The largest absolute Gasteiger partial charge is 0.458 e. The van der Waals surface area contributed by atoms with Gasteiger partial charge in [-0.25, -0.2) is 15.0 Å². The highest BCUT2D eigenvalue weighted by molar-refractivity contribution is 6.98. The number of ether oxygens (including phenoxy) is 2. The van der Waals surface area contributed by atoms with E-state index in [4.69, 9.17) is 24.4 Å². The van der Waals surface area contributed by atoms with Crippen LogP contribution >= 0.6 is 0 Å². The van der Waals surface area contributed by atoms with Crippen molar-refractivity contribution in [2.75, 3.05) is 0 Å². The van der Waals surface area contributed by atoms with Gasteiger partial charge in [-0.15, -0.1) is 0 Å². The monoisotopic (exact) mass is 653 g/mol. The van der Waals surface area contributed by atoms with Gasteiger partial charge in [0.05, 0.1) is 0 Å². The molecule has 5 nitrogen and oxygen atoms in total. The fourth-order valence-corrected chi connectivity index (χ4v) is 7.21. The summed E-state index contributed by atoms with van der Waals surface area (Å²) in [6.07, 6.45) is 0. The number of aromatic nitrogens is 3. The van der Waals surface area contributed by atoms with E-state index in [1.165, 1.54) is 0 Å². The third-order valence-corrected chi connectivity index (χ3v) is 9.64. The second kappa shape index (κ2) is 12.0. The van der Waals surface area contributed by atoms with E-state index in [1.54, 1.807) is 0 Å². The van der Waals surface area contributed by atoms with Crippen LogP contribution in [0.15, 0.2) is 170 Å². The zero-order valence-electron chi connectivity index (χ0n) is 27.4. The van der Waals surface area contributed by atoms with E-state index in [0.717, 1.165) is 78.3 Å². The molecule has 2 aliphatic heterocycles. The van der Waals surface area contributed by atoms with Crippen LogP contribution in [0.4, 0.5) is 0 Å². The van der Waals surface area contributed by atoms with Crippen LogP contribution in [0.2, 0.25) is 0 Å². The van der Waals surface area contributed by atoms with Crippen molar-refractivity contribution >= 4 is 23.1 Å². The molecule has 2 aliphatic rings. The van der Waals surface area contributed by atoms with Gasteiger partial charge in [-0.3, -0.25) is 0 Å². The van der Waals surface area contributed by atoms with Gasteiger partial charge in [0.2, 0.25) is 0 Å². The molecule has 0 saturated carbocycles. The SMILES string of the molecule is c1ccc(-c2nc(-c3ccccc3)nc(-c3cccc(-c4cccc(-c5cc6c7c(c5)Oc5ccccc5B7c5ccccc5O6)c4)c3)n2)cc1. The summed E-state index contributed by atoms with van der Waals surface area (Å²) in [4.78, 5) is 14.8. The molecular weight excluding hydrogens is 625 g/mol. The lowest BCUT2D eigenvalue weighted by atomic mass is 9.35. The first kappa shape index (κ1) is 29.2. The molecule has 0 spiro atoms. The quantitative estimate of drug-likeness (QED) is 0.174. The summed E-state index contributed by atoms with van der Waals surface area (Å²) in [5.41, 5.74) is 10.4. The molecular formula is C45H28BN3O2. The van der Waals surface area contributed by atoms with E-state index < -0.39 is 0 Å². The van der Waals surface area contributed by atoms with Gasteiger partial charge in [0.15, 0.2) is 17.5 Å².